The number of piperidine rings is 1. The van der Waals surface area contributed by atoms with Gasteiger partial charge in [0.2, 0.25) is 11.8 Å². The van der Waals surface area contributed by atoms with Gasteiger partial charge in [0.1, 0.15) is 0 Å². The molecule has 6 heteroatoms. The average molecular weight is 335 g/mol. The minimum absolute atomic E-state index is 0.203. The second-order valence-electron chi connectivity index (χ2n) is 6.35. The fourth-order valence-corrected chi connectivity index (χ4v) is 3.96. The van der Waals surface area contributed by atoms with Crippen molar-refractivity contribution < 1.29 is 9.59 Å². The Morgan fingerprint density at radius 3 is 2.26 bits per heavy atom. The van der Waals surface area contributed by atoms with Crippen LogP contribution in [0.2, 0.25) is 0 Å². The third-order valence-corrected chi connectivity index (χ3v) is 5.57. The SMILES string of the molecule is O=C(Cc1cccs1)N1CCN(CC(=O)N2CCCCC2)CC1. The molecule has 0 bridgehead atoms. The van der Waals surface area contributed by atoms with Gasteiger partial charge in [0.15, 0.2) is 0 Å². The molecule has 2 amide bonds. The van der Waals surface area contributed by atoms with Crippen LogP contribution in [-0.2, 0) is 16.0 Å². The Bertz CT molecular complexity index is 518. The van der Waals surface area contributed by atoms with Crippen molar-refractivity contribution in [3.63, 3.8) is 0 Å². The van der Waals surface area contributed by atoms with E-state index in [2.05, 4.69) is 4.90 Å². The zero-order valence-electron chi connectivity index (χ0n) is 13.6. The molecule has 3 heterocycles. The molecule has 23 heavy (non-hydrogen) atoms. The Hall–Kier alpha value is -1.40. The molecule has 5 nitrogen and oxygen atoms in total. The number of nitrogens with zero attached hydrogens (tertiary/aromatic N) is 3. The van der Waals surface area contributed by atoms with Gasteiger partial charge in [0.05, 0.1) is 13.0 Å². The van der Waals surface area contributed by atoms with Crippen LogP contribution >= 0.6 is 11.3 Å². The standard InChI is InChI=1S/C17H25N3O2S/c21-16(13-15-5-4-12-23-15)20-10-8-18(9-11-20)14-17(22)19-6-2-1-3-7-19/h4-5,12H,1-3,6-11,13-14H2. The molecule has 0 spiro atoms. The van der Waals surface area contributed by atoms with Crippen molar-refractivity contribution in [1.29, 1.82) is 0 Å². The summed E-state index contributed by atoms with van der Waals surface area (Å²) in [6.45, 7) is 5.41. The van der Waals surface area contributed by atoms with Gasteiger partial charge in [-0.25, -0.2) is 0 Å². The van der Waals surface area contributed by atoms with Gasteiger partial charge >= 0.3 is 0 Å². The fraction of sp³-hybridized carbons (Fsp3) is 0.647. The van der Waals surface area contributed by atoms with E-state index < -0.39 is 0 Å². The van der Waals surface area contributed by atoms with Crippen LogP contribution in [-0.4, -0.2) is 72.3 Å². The van der Waals surface area contributed by atoms with Crippen LogP contribution in [0.15, 0.2) is 17.5 Å². The van der Waals surface area contributed by atoms with Gasteiger partial charge in [0, 0.05) is 44.1 Å². The predicted molar refractivity (Wildman–Crippen MR) is 91.5 cm³/mol. The Balaban J connectivity index is 1.41. The quantitative estimate of drug-likeness (QED) is 0.836. The van der Waals surface area contributed by atoms with Crippen molar-refractivity contribution in [2.75, 3.05) is 45.8 Å². The van der Waals surface area contributed by atoms with Crippen molar-refractivity contribution in [3.05, 3.63) is 22.4 Å². The van der Waals surface area contributed by atoms with E-state index in [0.717, 1.165) is 57.0 Å². The largest absolute Gasteiger partial charge is 0.342 e. The Morgan fingerprint density at radius 1 is 0.913 bits per heavy atom. The molecule has 1 aromatic rings. The van der Waals surface area contributed by atoms with Crippen LogP contribution in [0.5, 0.6) is 0 Å². The zero-order valence-corrected chi connectivity index (χ0v) is 14.4. The van der Waals surface area contributed by atoms with Gasteiger partial charge in [-0.3, -0.25) is 14.5 Å². The molecule has 0 unspecified atom stereocenters. The molecule has 126 valence electrons. The highest BCUT2D eigenvalue weighted by Crippen LogP contribution is 2.13. The average Bonchev–Trinajstić information content (AvgIpc) is 3.09. The highest BCUT2D eigenvalue weighted by molar-refractivity contribution is 7.10. The maximum atomic E-state index is 12.3. The van der Waals surface area contributed by atoms with E-state index >= 15 is 0 Å². The van der Waals surface area contributed by atoms with E-state index in [0.29, 0.717) is 13.0 Å². The van der Waals surface area contributed by atoms with E-state index in [-0.39, 0.29) is 11.8 Å². The first-order valence-electron chi connectivity index (χ1n) is 8.52. The molecule has 2 aliphatic heterocycles. The summed E-state index contributed by atoms with van der Waals surface area (Å²) >= 11 is 1.63. The molecule has 0 radical (unpaired) electrons. The van der Waals surface area contributed by atoms with E-state index in [1.165, 1.54) is 6.42 Å². The molecule has 2 fully saturated rings. The Kier molecular flexibility index (Phi) is 5.67. The first kappa shape index (κ1) is 16.5. The van der Waals surface area contributed by atoms with Crippen LogP contribution in [0.4, 0.5) is 0 Å². The summed E-state index contributed by atoms with van der Waals surface area (Å²) in [5.74, 6) is 0.456. The van der Waals surface area contributed by atoms with Crippen LogP contribution in [0.1, 0.15) is 24.1 Å². The van der Waals surface area contributed by atoms with Crippen molar-refractivity contribution in [3.8, 4) is 0 Å². The van der Waals surface area contributed by atoms with Crippen molar-refractivity contribution in [2.45, 2.75) is 25.7 Å². The van der Waals surface area contributed by atoms with Gasteiger partial charge in [-0.05, 0) is 30.7 Å². The number of amides is 2. The summed E-state index contributed by atoms with van der Waals surface area (Å²) in [5.41, 5.74) is 0. The second kappa shape index (κ2) is 7.93. The van der Waals surface area contributed by atoms with Gasteiger partial charge in [-0.2, -0.15) is 0 Å². The smallest absolute Gasteiger partial charge is 0.236 e. The second-order valence-corrected chi connectivity index (χ2v) is 7.39. The number of hydrogen-bond donors (Lipinski definition) is 0. The Labute approximate surface area is 141 Å². The monoisotopic (exact) mass is 335 g/mol. The first-order valence-corrected chi connectivity index (χ1v) is 9.40. The van der Waals surface area contributed by atoms with Gasteiger partial charge in [-0.15, -0.1) is 11.3 Å². The molecule has 2 saturated heterocycles. The summed E-state index contributed by atoms with van der Waals surface area (Å²) in [5, 5.41) is 2.01. The molecule has 2 aliphatic rings. The summed E-state index contributed by atoms with van der Waals surface area (Å²) in [6, 6.07) is 3.99. The highest BCUT2D eigenvalue weighted by atomic mass is 32.1. The van der Waals surface area contributed by atoms with E-state index in [1.807, 2.05) is 27.3 Å². The lowest BCUT2D eigenvalue weighted by atomic mass is 10.1. The number of thiophene rings is 1. The molecule has 0 N–H and O–H groups in total. The minimum Gasteiger partial charge on any atom is -0.342 e. The van der Waals surface area contributed by atoms with Gasteiger partial charge < -0.3 is 9.80 Å². The number of rotatable bonds is 4. The van der Waals surface area contributed by atoms with Crippen molar-refractivity contribution >= 4 is 23.2 Å². The first-order chi connectivity index (χ1) is 11.2. The molecule has 1 aromatic heterocycles. The molecule has 0 atom stereocenters. The summed E-state index contributed by atoms with van der Waals surface area (Å²) in [4.78, 5) is 31.8. The fourth-order valence-electron chi connectivity index (χ4n) is 3.26. The lowest BCUT2D eigenvalue weighted by molar-refractivity contribution is -0.135. The number of hydrogen-bond acceptors (Lipinski definition) is 4. The van der Waals surface area contributed by atoms with Gasteiger partial charge in [0.25, 0.3) is 0 Å². The number of likely N-dealkylation sites (tertiary alicyclic amines) is 1. The maximum Gasteiger partial charge on any atom is 0.236 e. The number of carbonyl (C=O) groups is 2. The number of piperazine rings is 1. The summed E-state index contributed by atoms with van der Waals surface area (Å²) < 4.78 is 0. The molecule has 3 rings (SSSR count). The van der Waals surface area contributed by atoms with Gasteiger partial charge in [-0.1, -0.05) is 6.07 Å². The third-order valence-electron chi connectivity index (χ3n) is 4.70. The van der Waals surface area contributed by atoms with Crippen LogP contribution < -0.4 is 0 Å². The predicted octanol–water partition coefficient (Wildman–Crippen LogP) is 1.45. The highest BCUT2D eigenvalue weighted by Gasteiger charge is 2.24. The lowest BCUT2D eigenvalue weighted by Gasteiger charge is -2.36. The summed E-state index contributed by atoms with van der Waals surface area (Å²) in [7, 11) is 0. The van der Waals surface area contributed by atoms with E-state index in [9.17, 15) is 9.59 Å². The van der Waals surface area contributed by atoms with E-state index in [4.69, 9.17) is 0 Å². The molecule has 0 saturated carbocycles. The zero-order chi connectivity index (χ0) is 16.1. The molecule has 0 aromatic carbocycles. The van der Waals surface area contributed by atoms with Crippen LogP contribution in [0.25, 0.3) is 0 Å². The molecular formula is C17H25N3O2S. The normalized spacial score (nSPS) is 19.8. The van der Waals surface area contributed by atoms with E-state index in [1.54, 1.807) is 11.3 Å². The maximum absolute atomic E-state index is 12.3. The summed E-state index contributed by atoms with van der Waals surface area (Å²) in [6.07, 6.45) is 4.02. The Morgan fingerprint density at radius 2 is 1.61 bits per heavy atom. The molecule has 0 aliphatic carbocycles. The third kappa shape index (κ3) is 4.54. The van der Waals surface area contributed by atoms with Crippen LogP contribution in [0, 0.1) is 0 Å². The number of carbonyl (C=O) groups excluding carboxylic acids is 2. The minimum atomic E-state index is 0.203. The van der Waals surface area contributed by atoms with Crippen molar-refractivity contribution in [2.24, 2.45) is 0 Å². The molecular weight excluding hydrogens is 310 g/mol. The van der Waals surface area contributed by atoms with Crippen LogP contribution in [0.3, 0.4) is 0 Å². The topological polar surface area (TPSA) is 43.9 Å². The van der Waals surface area contributed by atoms with Crippen molar-refractivity contribution in [1.82, 2.24) is 14.7 Å². The lowest BCUT2D eigenvalue weighted by Crippen LogP contribution is -2.52.